The molecule has 1 heterocycles. The van der Waals surface area contributed by atoms with Gasteiger partial charge in [-0.25, -0.2) is 0 Å². The largest absolute Gasteiger partial charge is 0.378 e. The van der Waals surface area contributed by atoms with Gasteiger partial charge in [0.15, 0.2) is 0 Å². The third kappa shape index (κ3) is 3.30. The predicted molar refractivity (Wildman–Crippen MR) is 73.9 cm³/mol. The van der Waals surface area contributed by atoms with E-state index < -0.39 is 0 Å². The molecule has 3 heteroatoms. The molecule has 2 atom stereocenters. The Morgan fingerprint density at radius 3 is 2.88 bits per heavy atom. The van der Waals surface area contributed by atoms with E-state index in [2.05, 4.69) is 28.9 Å². The number of ether oxygens (including phenoxy) is 1. The van der Waals surface area contributed by atoms with Gasteiger partial charge in [0.05, 0.1) is 6.10 Å². The van der Waals surface area contributed by atoms with Gasteiger partial charge >= 0.3 is 0 Å². The number of hydrogen-bond donors (Lipinski definition) is 1. The van der Waals surface area contributed by atoms with E-state index in [1.807, 2.05) is 18.2 Å². The molecule has 2 nitrogen and oxygen atoms in total. The van der Waals surface area contributed by atoms with Crippen molar-refractivity contribution in [3.63, 3.8) is 0 Å². The summed E-state index contributed by atoms with van der Waals surface area (Å²) in [5.41, 5.74) is 7.32. The second-order valence-corrected chi connectivity index (χ2v) is 5.93. The molecule has 0 radical (unpaired) electrons. The molecule has 17 heavy (non-hydrogen) atoms. The summed E-state index contributed by atoms with van der Waals surface area (Å²) in [7, 11) is 0. The van der Waals surface area contributed by atoms with Crippen LogP contribution in [0.1, 0.15) is 38.2 Å². The lowest BCUT2D eigenvalue weighted by molar-refractivity contribution is 0.0966. The summed E-state index contributed by atoms with van der Waals surface area (Å²) in [6, 6.07) is 8.20. The van der Waals surface area contributed by atoms with E-state index in [1.54, 1.807) is 0 Å². The summed E-state index contributed by atoms with van der Waals surface area (Å²) in [6.07, 6.45) is 4.81. The summed E-state index contributed by atoms with van der Waals surface area (Å²) in [5.74, 6) is 0. The van der Waals surface area contributed by atoms with Crippen molar-refractivity contribution in [1.82, 2.24) is 0 Å². The molecule has 0 amide bonds. The number of rotatable bonds is 4. The van der Waals surface area contributed by atoms with Gasteiger partial charge in [0.1, 0.15) is 0 Å². The van der Waals surface area contributed by atoms with Gasteiger partial charge in [0.2, 0.25) is 0 Å². The van der Waals surface area contributed by atoms with Crippen molar-refractivity contribution < 1.29 is 4.74 Å². The standard InChI is InChI=1S/C14H20BrNO/c1-14(16,9-8-11-5-4-10-17-11)12-6-2-3-7-13(12)15/h2-3,6-7,11H,4-5,8-10,16H2,1H3. The van der Waals surface area contributed by atoms with Crippen molar-refractivity contribution in [1.29, 1.82) is 0 Å². The topological polar surface area (TPSA) is 35.2 Å². The zero-order valence-corrected chi connectivity index (χ0v) is 11.9. The molecule has 1 aliphatic rings. The first-order chi connectivity index (χ1) is 8.09. The van der Waals surface area contributed by atoms with E-state index >= 15 is 0 Å². The Morgan fingerprint density at radius 2 is 2.24 bits per heavy atom. The highest BCUT2D eigenvalue weighted by molar-refractivity contribution is 9.10. The molecule has 94 valence electrons. The molecular formula is C14H20BrNO. The second kappa shape index (κ2) is 5.51. The molecule has 2 unspecified atom stereocenters. The average molecular weight is 298 g/mol. The number of halogens is 1. The third-order valence-electron chi connectivity index (χ3n) is 3.50. The lowest BCUT2D eigenvalue weighted by Gasteiger charge is -2.27. The number of nitrogens with two attached hydrogens (primary N) is 1. The Kier molecular flexibility index (Phi) is 4.23. The first kappa shape index (κ1) is 13.1. The van der Waals surface area contributed by atoms with Crippen molar-refractivity contribution in [2.24, 2.45) is 5.73 Å². The van der Waals surface area contributed by atoms with Crippen LogP contribution in [-0.2, 0) is 10.3 Å². The van der Waals surface area contributed by atoms with Crippen LogP contribution in [0.15, 0.2) is 28.7 Å². The minimum absolute atomic E-state index is 0.286. The lowest BCUT2D eigenvalue weighted by Crippen LogP contribution is -2.34. The quantitative estimate of drug-likeness (QED) is 0.922. The van der Waals surface area contributed by atoms with Gasteiger partial charge in [-0.15, -0.1) is 0 Å². The van der Waals surface area contributed by atoms with Crippen LogP contribution in [0.5, 0.6) is 0 Å². The molecule has 0 bridgehead atoms. The monoisotopic (exact) mass is 297 g/mol. The molecule has 1 fully saturated rings. The van der Waals surface area contributed by atoms with Crippen LogP contribution < -0.4 is 5.73 Å². The van der Waals surface area contributed by atoms with Gasteiger partial charge < -0.3 is 10.5 Å². The first-order valence-corrected chi connectivity index (χ1v) is 7.04. The smallest absolute Gasteiger partial charge is 0.0576 e. The van der Waals surface area contributed by atoms with Gasteiger partial charge in [0.25, 0.3) is 0 Å². The maximum Gasteiger partial charge on any atom is 0.0576 e. The molecule has 0 spiro atoms. The molecule has 1 aliphatic heterocycles. The molecule has 2 rings (SSSR count). The molecule has 0 aromatic heterocycles. The molecule has 0 saturated carbocycles. The SMILES string of the molecule is CC(N)(CCC1CCCO1)c1ccccc1Br. The van der Waals surface area contributed by atoms with Crippen molar-refractivity contribution >= 4 is 15.9 Å². The molecule has 2 N–H and O–H groups in total. The summed E-state index contributed by atoms with van der Waals surface area (Å²) in [5, 5.41) is 0. The van der Waals surface area contributed by atoms with Gasteiger partial charge in [-0.2, -0.15) is 0 Å². The Hall–Kier alpha value is -0.380. The van der Waals surface area contributed by atoms with E-state index in [0.29, 0.717) is 6.10 Å². The number of hydrogen-bond acceptors (Lipinski definition) is 2. The highest BCUT2D eigenvalue weighted by Gasteiger charge is 2.26. The van der Waals surface area contributed by atoms with Crippen LogP contribution >= 0.6 is 15.9 Å². The fourth-order valence-electron chi connectivity index (χ4n) is 2.39. The summed E-state index contributed by atoms with van der Waals surface area (Å²) in [4.78, 5) is 0. The second-order valence-electron chi connectivity index (χ2n) is 5.07. The minimum atomic E-state index is -0.286. The number of benzene rings is 1. The summed E-state index contributed by atoms with van der Waals surface area (Å²) in [6.45, 7) is 3.02. The van der Waals surface area contributed by atoms with Crippen molar-refractivity contribution in [2.45, 2.75) is 44.2 Å². The molecule has 1 saturated heterocycles. The van der Waals surface area contributed by atoms with E-state index in [0.717, 1.165) is 23.9 Å². The van der Waals surface area contributed by atoms with Crippen molar-refractivity contribution in [2.75, 3.05) is 6.61 Å². The molecule has 1 aromatic carbocycles. The highest BCUT2D eigenvalue weighted by atomic mass is 79.9. The van der Waals surface area contributed by atoms with Gasteiger partial charge in [0, 0.05) is 16.6 Å². The fraction of sp³-hybridized carbons (Fsp3) is 0.571. The zero-order chi connectivity index (χ0) is 12.3. The maximum absolute atomic E-state index is 6.43. The summed E-state index contributed by atoms with van der Waals surface area (Å²) >= 11 is 3.57. The highest BCUT2D eigenvalue weighted by Crippen LogP contribution is 2.31. The molecule has 1 aromatic rings. The van der Waals surface area contributed by atoms with Crippen LogP contribution in [0.2, 0.25) is 0 Å². The Labute approximate surface area is 112 Å². The van der Waals surface area contributed by atoms with Crippen molar-refractivity contribution in [3.05, 3.63) is 34.3 Å². The van der Waals surface area contributed by atoms with Crippen molar-refractivity contribution in [3.8, 4) is 0 Å². The van der Waals surface area contributed by atoms with E-state index in [9.17, 15) is 0 Å². The summed E-state index contributed by atoms with van der Waals surface area (Å²) < 4.78 is 6.74. The van der Waals surface area contributed by atoms with E-state index in [-0.39, 0.29) is 5.54 Å². The Bertz CT molecular complexity index is 372. The average Bonchev–Trinajstić information content (AvgIpc) is 2.80. The normalized spacial score (nSPS) is 23.6. The van der Waals surface area contributed by atoms with Crippen LogP contribution in [0.3, 0.4) is 0 Å². The fourth-order valence-corrected chi connectivity index (χ4v) is 3.13. The Balaban J connectivity index is 2.00. The lowest BCUT2D eigenvalue weighted by atomic mass is 9.87. The minimum Gasteiger partial charge on any atom is -0.378 e. The van der Waals surface area contributed by atoms with Crippen LogP contribution in [0.4, 0.5) is 0 Å². The van der Waals surface area contributed by atoms with E-state index in [1.165, 1.54) is 18.4 Å². The van der Waals surface area contributed by atoms with E-state index in [4.69, 9.17) is 10.5 Å². The maximum atomic E-state index is 6.43. The molecule has 0 aliphatic carbocycles. The zero-order valence-electron chi connectivity index (χ0n) is 10.3. The Morgan fingerprint density at radius 1 is 1.47 bits per heavy atom. The third-order valence-corrected chi connectivity index (χ3v) is 4.19. The first-order valence-electron chi connectivity index (χ1n) is 6.25. The van der Waals surface area contributed by atoms with Gasteiger partial charge in [-0.05, 0) is 44.2 Å². The van der Waals surface area contributed by atoms with Gasteiger partial charge in [-0.3, -0.25) is 0 Å². The molecular weight excluding hydrogens is 278 g/mol. The van der Waals surface area contributed by atoms with Crippen LogP contribution in [0.25, 0.3) is 0 Å². The van der Waals surface area contributed by atoms with Gasteiger partial charge in [-0.1, -0.05) is 34.1 Å². The van der Waals surface area contributed by atoms with Crippen LogP contribution in [-0.4, -0.2) is 12.7 Å². The van der Waals surface area contributed by atoms with Crippen LogP contribution in [0, 0.1) is 0 Å². The predicted octanol–water partition coefficient (Wildman–Crippen LogP) is 3.58.